The molecule has 7 nitrogen and oxygen atoms in total. The van der Waals surface area contributed by atoms with Crippen LogP contribution in [0.5, 0.6) is 11.5 Å². The molecule has 2 aromatic rings. The number of hydrogen-bond donors (Lipinski definition) is 1. The molecule has 3 rings (SSSR count). The number of rotatable bonds is 7. The SMILES string of the molecule is CCCN1CCc2c(sc(NC(=O)c3cccc(OC)c3OC)c2C(=O)OC)C1.Cl. The molecule has 0 fully saturated rings. The zero-order valence-corrected chi connectivity index (χ0v) is 19.2. The molecule has 0 atom stereocenters. The lowest BCUT2D eigenvalue weighted by Gasteiger charge is -2.26. The van der Waals surface area contributed by atoms with E-state index in [0.29, 0.717) is 27.6 Å². The van der Waals surface area contributed by atoms with Crippen molar-refractivity contribution in [3.8, 4) is 11.5 Å². The second kappa shape index (κ2) is 10.7. The van der Waals surface area contributed by atoms with Gasteiger partial charge in [-0.25, -0.2) is 4.79 Å². The van der Waals surface area contributed by atoms with Crippen LogP contribution in [0, 0.1) is 0 Å². The van der Waals surface area contributed by atoms with Crippen molar-refractivity contribution in [2.75, 3.05) is 39.7 Å². The van der Waals surface area contributed by atoms with Crippen LogP contribution < -0.4 is 14.8 Å². The number of methoxy groups -OCH3 is 3. The molecule has 1 aliphatic rings. The summed E-state index contributed by atoms with van der Waals surface area (Å²) in [5, 5.41) is 3.41. The van der Waals surface area contributed by atoms with Gasteiger partial charge in [-0.1, -0.05) is 13.0 Å². The highest BCUT2D eigenvalue weighted by atomic mass is 35.5. The number of hydrogen-bond acceptors (Lipinski definition) is 7. The number of carbonyl (C=O) groups is 2. The van der Waals surface area contributed by atoms with E-state index in [-0.39, 0.29) is 18.3 Å². The minimum absolute atomic E-state index is 0. The molecule has 0 bridgehead atoms. The van der Waals surface area contributed by atoms with E-state index < -0.39 is 5.97 Å². The van der Waals surface area contributed by atoms with Crippen LogP contribution in [0.1, 0.15) is 44.5 Å². The second-order valence-electron chi connectivity index (χ2n) is 6.72. The van der Waals surface area contributed by atoms with E-state index in [1.807, 2.05) is 0 Å². The predicted molar refractivity (Wildman–Crippen MR) is 120 cm³/mol. The molecule has 0 radical (unpaired) electrons. The molecular weight excluding hydrogens is 428 g/mol. The van der Waals surface area contributed by atoms with Crippen molar-refractivity contribution in [1.29, 1.82) is 0 Å². The van der Waals surface area contributed by atoms with Crippen LogP contribution in [0.2, 0.25) is 0 Å². The van der Waals surface area contributed by atoms with Gasteiger partial charge in [0.1, 0.15) is 5.00 Å². The minimum Gasteiger partial charge on any atom is -0.493 e. The molecular formula is C21H27ClN2O5S. The summed E-state index contributed by atoms with van der Waals surface area (Å²) in [6.07, 6.45) is 1.83. The first-order chi connectivity index (χ1) is 14.0. The van der Waals surface area contributed by atoms with Gasteiger partial charge in [0.25, 0.3) is 5.91 Å². The van der Waals surface area contributed by atoms with Crippen molar-refractivity contribution in [3.05, 3.63) is 39.8 Å². The highest BCUT2D eigenvalue weighted by Gasteiger charge is 2.29. The first kappa shape index (κ1) is 24.0. The maximum atomic E-state index is 13.0. The Bertz CT molecular complexity index is 915. The van der Waals surface area contributed by atoms with Gasteiger partial charge < -0.3 is 19.5 Å². The maximum Gasteiger partial charge on any atom is 0.341 e. The Labute approximate surface area is 186 Å². The third-order valence-corrected chi connectivity index (χ3v) is 6.07. The Balaban J connectivity index is 0.00000320. The summed E-state index contributed by atoms with van der Waals surface area (Å²) in [6, 6.07) is 5.10. The van der Waals surface area contributed by atoms with Crippen molar-refractivity contribution < 1.29 is 23.8 Å². The van der Waals surface area contributed by atoms with E-state index in [9.17, 15) is 9.59 Å². The van der Waals surface area contributed by atoms with Crippen molar-refractivity contribution in [1.82, 2.24) is 4.90 Å². The fourth-order valence-corrected chi connectivity index (χ4v) is 4.88. The Morgan fingerprint density at radius 2 is 1.97 bits per heavy atom. The van der Waals surface area contributed by atoms with Gasteiger partial charge in [-0.2, -0.15) is 0 Å². The summed E-state index contributed by atoms with van der Waals surface area (Å²) in [5.74, 6) is 0.0193. The number of nitrogens with one attached hydrogen (secondary N) is 1. The number of ether oxygens (including phenoxy) is 3. The number of halogens is 1. The van der Waals surface area contributed by atoms with E-state index in [2.05, 4.69) is 17.1 Å². The molecule has 1 amide bonds. The summed E-state index contributed by atoms with van der Waals surface area (Å²) in [5.41, 5.74) is 1.77. The highest BCUT2D eigenvalue weighted by molar-refractivity contribution is 7.17. The lowest BCUT2D eigenvalue weighted by molar-refractivity contribution is 0.0600. The third kappa shape index (κ3) is 4.71. The molecule has 1 N–H and O–H groups in total. The summed E-state index contributed by atoms with van der Waals surface area (Å²) in [4.78, 5) is 28.9. The first-order valence-corrected chi connectivity index (χ1v) is 10.3. The number of anilines is 1. The predicted octanol–water partition coefficient (Wildman–Crippen LogP) is 3.99. The minimum atomic E-state index is -0.431. The molecule has 0 saturated heterocycles. The van der Waals surface area contributed by atoms with E-state index >= 15 is 0 Å². The van der Waals surface area contributed by atoms with Gasteiger partial charge in [-0.05, 0) is 37.1 Å². The molecule has 30 heavy (non-hydrogen) atoms. The number of carbonyl (C=O) groups excluding carboxylic acids is 2. The van der Waals surface area contributed by atoms with E-state index in [1.54, 1.807) is 18.2 Å². The Hall–Kier alpha value is -2.29. The van der Waals surface area contributed by atoms with Crippen LogP contribution in [0.25, 0.3) is 0 Å². The average molecular weight is 455 g/mol. The van der Waals surface area contributed by atoms with Crippen molar-refractivity contribution >= 4 is 40.6 Å². The molecule has 1 aromatic carbocycles. The molecule has 0 saturated carbocycles. The number of amides is 1. The molecule has 0 aliphatic carbocycles. The lowest BCUT2D eigenvalue weighted by atomic mass is 10.0. The monoisotopic (exact) mass is 454 g/mol. The summed E-state index contributed by atoms with van der Waals surface area (Å²) in [6.45, 7) is 4.82. The molecule has 1 aliphatic heterocycles. The largest absolute Gasteiger partial charge is 0.493 e. The zero-order valence-electron chi connectivity index (χ0n) is 17.6. The normalized spacial score (nSPS) is 13.1. The summed E-state index contributed by atoms with van der Waals surface area (Å²) < 4.78 is 15.6. The number of nitrogens with zero attached hydrogens (tertiary/aromatic N) is 1. The smallest absolute Gasteiger partial charge is 0.341 e. The van der Waals surface area contributed by atoms with Crippen LogP contribution in [0.15, 0.2) is 18.2 Å². The van der Waals surface area contributed by atoms with Gasteiger partial charge in [-0.3, -0.25) is 9.69 Å². The van der Waals surface area contributed by atoms with Gasteiger partial charge in [-0.15, -0.1) is 23.7 Å². The second-order valence-corrected chi connectivity index (χ2v) is 7.83. The standard InChI is InChI=1S/C21H26N2O5S.ClH/c1-5-10-23-11-9-13-16(12-23)29-20(17(13)21(25)28-4)22-19(24)14-7-6-8-15(26-2)18(14)27-3;/h6-8H,5,9-12H2,1-4H3,(H,22,24);1H. The highest BCUT2D eigenvalue weighted by Crippen LogP contribution is 2.39. The van der Waals surface area contributed by atoms with Crippen LogP contribution in [0.4, 0.5) is 5.00 Å². The van der Waals surface area contributed by atoms with Gasteiger partial charge in [0, 0.05) is 18.0 Å². The van der Waals surface area contributed by atoms with Crippen molar-refractivity contribution in [2.45, 2.75) is 26.3 Å². The number of fused-ring (bicyclic) bond motifs is 1. The fourth-order valence-electron chi connectivity index (χ4n) is 3.61. The first-order valence-electron chi connectivity index (χ1n) is 9.51. The van der Waals surface area contributed by atoms with Crippen LogP contribution in [-0.4, -0.2) is 51.2 Å². The van der Waals surface area contributed by atoms with Gasteiger partial charge >= 0.3 is 5.97 Å². The molecule has 9 heteroatoms. The van der Waals surface area contributed by atoms with Gasteiger partial charge in [0.2, 0.25) is 0 Å². The van der Waals surface area contributed by atoms with Crippen LogP contribution in [0.3, 0.4) is 0 Å². The lowest BCUT2D eigenvalue weighted by Crippen LogP contribution is -2.30. The Kier molecular flexibility index (Phi) is 8.52. The number of esters is 1. The number of benzene rings is 1. The molecule has 0 unspecified atom stereocenters. The summed E-state index contributed by atoms with van der Waals surface area (Å²) >= 11 is 1.44. The van der Waals surface area contributed by atoms with E-state index in [0.717, 1.165) is 42.9 Å². The van der Waals surface area contributed by atoms with E-state index in [1.165, 1.54) is 32.7 Å². The number of thiophene rings is 1. The Morgan fingerprint density at radius 3 is 2.60 bits per heavy atom. The molecule has 164 valence electrons. The maximum absolute atomic E-state index is 13.0. The summed E-state index contributed by atoms with van der Waals surface area (Å²) in [7, 11) is 4.36. The zero-order chi connectivity index (χ0) is 21.0. The molecule has 2 heterocycles. The Morgan fingerprint density at radius 1 is 1.20 bits per heavy atom. The average Bonchev–Trinajstić information content (AvgIpc) is 3.09. The topological polar surface area (TPSA) is 77.1 Å². The molecule has 1 aromatic heterocycles. The van der Waals surface area contributed by atoms with Crippen molar-refractivity contribution in [2.24, 2.45) is 0 Å². The van der Waals surface area contributed by atoms with Gasteiger partial charge in [0.05, 0.1) is 32.5 Å². The quantitative estimate of drug-likeness (QED) is 0.637. The number of para-hydroxylation sites is 1. The fraction of sp³-hybridized carbons (Fsp3) is 0.429. The van der Waals surface area contributed by atoms with Crippen molar-refractivity contribution in [3.63, 3.8) is 0 Å². The molecule has 0 spiro atoms. The van der Waals surface area contributed by atoms with Crippen LogP contribution >= 0.6 is 23.7 Å². The van der Waals surface area contributed by atoms with Crippen LogP contribution in [-0.2, 0) is 17.7 Å². The third-order valence-electron chi connectivity index (χ3n) is 4.94. The van der Waals surface area contributed by atoms with Gasteiger partial charge in [0.15, 0.2) is 11.5 Å². The van der Waals surface area contributed by atoms with E-state index in [4.69, 9.17) is 14.2 Å².